The van der Waals surface area contributed by atoms with E-state index in [1.807, 2.05) is 0 Å². The fourth-order valence-corrected chi connectivity index (χ4v) is 4.92. The summed E-state index contributed by atoms with van der Waals surface area (Å²) < 4.78 is 24.1. The maximum Gasteiger partial charge on any atom is 0.0700 e. The first-order chi connectivity index (χ1) is 12.1. The maximum absolute atomic E-state index is 6.08. The number of hydrogen-bond donors (Lipinski definition) is 0. The normalized spacial score (nSPS) is 35.7. The van der Waals surface area contributed by atoms with Gasteiger partial charge in [0.15, 0.2) is 0 Å². The standard InChI is InChI=1S/C21H36O4/c1-4-20(5-2)13-22-8-10-24-15-21(16-25-11-9-23-14-20)12-18-6-7-19(21)17(18)3/h6-7,17-19H,4-5,8-16H2,1-3H3/t17-,18?,19?/m0/s1. The van der Waals surface area contributed by atoms with E-state index in [2.05, 4.69) is 32.9 Å². The van der Waals surface area contributed by atoms with Crippen molar-refractivity contribution < 1.29 is 18.9 Å². The Morgan fingerprint density at radius 3 is 1.72 bits per heavy atom. The van der Waals surface area contributed by atoms with Crippen LogP contribution in [0.4, 0.5) is 0 Å². The van der Waals surface area contributed by atoms with Crippen LogP contribution in [0.15, 0.2) is 12.2 Å². The summed E-state index contributed by atoms with van der Waals surface area (Å²) in [5.41, 5.74) is 0.260. The summed E-state index contributed by atoms with van der Waals surface area (Å²) in [7, 11) is 0. The summed E-state index contributed by atoms with van der Waals surface area (Å²) >= 11 is 0. The molecular formula is C21H36O4. The Kier molecular flexibility index (Phi) is 6.59. The molecule has 1 aliphatic heterocycles. The van der Waals surface area contributed by atoms with Crippen molar-refractivity contribution in [2.75, 3.05) is 52.9 Å². The smallest absolute Gasteiger partial charge is 0.0700 e. The molecule has 3 atom stereocenters. The van der Waals surface area contributed by atoms with Crippen molar-refractivity contribution >= 4 is 0 Å². The molecule has 1 spiro atoms. The average molecular weight is 353 g/mol. The van der Waals surface area contributed by atoms with Gasteiger partial charge in [-0.15, -0.1) is 0 Å². The van der Waals surface area contributed by atoms with E-state index < -0.39 is 0 Å². The van der Waals surface area contributed by atoms with E-state index >= 15 is 0 Å². The molecule has 0 radical (unpaired) electrons. The minimum Gasteiger partial charge on any atom is -0.378 e. The van der Waals surface area contributed by atoms with E-state index in [-0.39, 0.29) is 10.8 Å². The van der Waals surface area contributed by atoms with Crippen molar-refractivity contribution in [2.24, 2.45) is 28.6 Å². The summed E-state index contributed by atoms with van der Waals surface area (Å²) in [6.45, 7) is 12.5. The highest BCUT2D eigenvalue weighted by molar-refractivity contribution is 5.18. The molecule has 0 amide bonds. The largest absolute Gasteiger partial charge is 0.378 e. The summed E-state index contributed by atoms with van der Waals surface area (Å²) in [6, 6.07) is 0. The first-order valence-corrected chi connectivity index (χ1v) is 10.1. The zero-order valence-corrected chi connectivity index (χ0v) is 16.3. The van der Waals surface area contributed by atoms with Crippen LogP contribution in [0.3, 0.4) is 0 Å². The van der Waals surface area contributed by atoms with E-state index in [4.69, 9.17) is 18.9 Å². The molecule has 3 rings (SSSR count). The number of hydrogen-bond acceptors (Lipinski definition) is 4. The van der Waals surface area contributed by atoms with E-state index in [0.717, 1.165) is 39.3 Å². The number of ether oxygens (including phenoxy) is 4. The van der Waals surface area contributed by atoms with Gasteiger partial charge in [0.05, 0.1) is 52.9 Å². The number of rotatable bonds is 2. The highest BCUT2D eigenvalue weighted by atomic mass is 16.5. The molecule has 2 fully saturated rings. The molecule has 25 heavy (non-hydrogen) atoms. The van der Waals surface area contributed by atoms with Crippen molar-refractivity contribution in [3.8, 4) is 0 Å². The van der Waals surface area contributed by atoms with E-state index in [1.54, 1.807) is 0 Å². The lowest BCUT2D eigenvalue weighted by atomic mass is 9.76. The van der Waals surface area contributed by atoms with Crippen molar-refractivity contribution in [1.29, 1.82) is 0 Å². The van der Waals surface area contributed by atoms with Gasteiger partial charge in [0, 0.05) is 10.8 Å². The summed E-state index contributed by atoms with van der Waals surface area (Å²) in [6.07, 6.45) is 8.13. The Hall–Kier alpha value is -0.420. The SMILES string of the molecule is CCC1(CC)COCCOCC2(COCCOC1)CC1C=CC2[C@H]1C. The molecular weight excluding hydrogens is 316 g/mol. The molecule has 4 heteroatoms. The predicted molar refractivity (Wildman–Crippen MR) is 98.6 cm³/mol. The molecule has 1 saturated carbocycles. The van der Waals surface area contributed by atoms with E-state index in [0.29, 0.717) is 44.2 Å². The third-order valence-electron chi connectivity index (χ3n) is 7.00. The Labute approximate surface area is 153 Å². The molecule has 1 saturated heterocycles. The second-order valence-electron chi connectivity index (χ2n) is 8.42. The molecule has 2 aliphatic carbocycles. The van der Waals surface area contributed by atoms with E-state index in [9.17, 15) is 0 Å². The first kappa shape index (κ1) is 19.3. The second kappa shape index (κ2) is 8.51. The fourth-order valence-electron chi connectivity index (χ4n) is 4.92. The first-order valence-electron chi connectivity index (χ1n) is 10.1. The topological polar surface area (TPSA) is 36.9 Å². The molecule has 0 aromatic carbocycles. The van der Waals surface area contributed by atoms with Crippen LogP contribution >= 0.6 is 0 Å². The van der Waals surface area contributed by atoms with Crippen molar-refractivity contribution in [1.82, 2.24) is 0 Å². The highest BCUT2D eigenvalue weighted by Crippen LogP contribution is 2.55. The third-order valence-corrected chi connectivity index (χ3v) is 7.00. The van der Waals surface area contributed by atoms with Crippen LogP contribution in [0, 0.1) is 28.6 Å². The predicted octanol–water partition coefficient (Wildman–Crippen LogP) is 3.70. The van der Waals surface area contributed by atoms with Crippen LogP contribution in [0.1, 0.15) is 40.0 Å². The van der Waals surface area contributed by atoms with Gasteiger partial charge in [0.1, 0.15) is 0 Å². The lowest BCUT2D eigenvalue weighted by Gasteiger charge is -2.36. The molecule has 0 aromatic rings. The van der Waals surface area contributed by atoms with Gasteiger partial charge in [-0.1, -0.05) is 32.9 Å². The second-order valence-corrected chi connectivity index (χ2v) is 8.42. The average Bonchev–Trinajstić information content (AvgIpc) is 3.11. The highest BCUT2D eigenvalue weighted by Gasteiger charge is 2.53. The molecule has 4 nitrogen and oxygen atoms in total. The Morgan fingerprint density at radius 2 is 1.32 bits per heavy atom. The van der Waals surface area contributed by atoms with Crippen LogP contribution in [-0.2, 0) is 18.9 Å². The molecule has 2 unspecified atom stereocenters. The molecule has 3 aliphatic rings. The van der Waals surface area contributed by atoms with Crippen molar-refractivity contribution in [3.63, 3.8) is 0 Å². The van der Waals surface area contributed by atoms with Gasteiger partial charge in [-0.25, -0.2) is 0 Å². The maximum atomic E-state index is 6.08. The molecule has 1 heterocycles. The minimum atomic E-state index is 0.121. The van der Waals surface area contributed by atoms with E-state index in [1.165, 1.54) is 6.42 Å². The Balaban J connectivity index is 1.58. The van der Waals surface area contributed by atoms with Crippen LogP contribution < -0.4 is 0 Å². The fraction of sp³-hybridized carbons (Fsp3) is 0.905. The van der Waals surface area contributed by atoms with Crippen molar-refractivity contribution in [3.05, 3.63) is 12.2 Å². The van der Waals surface area contributed by atoms with Gasteiger partial charge in [-0.2, -0.15) is 0 Å². The lowest BCUT2D eigenvalue weighted by Crippen LogP contribution is -2.38. The number of fused-ring (bicyclic) bond motifs is 3. The zero-order valence-electron chi connectivity index (χ0n) is 16.3. The molecule has 2 bridgehead atoms. The quantitative estimate of drug-likeness (QED) is 0.710. The minimum absolute atomic E-state index is 0.121. The van der Waals surface area contributed by atoms with Crippen LogP contribution in [0.5, 0.6) is 0 Å². The number of allylic oxidation sites excluding steroid dienone is 2. The van der Waals surface area contributed by atoms with Gasteiger partial charge in [0.25, 0.3) is 0 Å². The monoisotopic (exact) mass is 352 g/mol. The summed E-state index contributed by atoms with van der Waals surface area (Å²) in [5.74, 6) is 1.99. The third kappa shape index (κ3) is 4.13. The Morgan fingerprint density at radius 1 is 0.800 bits per heavy atom. The summed E-state index contributed by atoms with van der Waals surface area (Å²) in [4.78, 5) is 0. The van der Waals surface area contributed by atoms with Crippen LogP contribution in [0.25, 0.3) is 0 Å². The van der Waals surface area contributed by atoms with Gasteiger partial charge < -0.3 is 18.9 Å². The van der Waals surface area contributed by atoms with Gasteiger partial charge in [-0.05, 0) is 37.0 Å². The van der Waals surface area contributed by atoms with Gasteiger partial charge in [-0.3, -0.25) is 0 Å². The molecule has 144 valence electrons. The van der Waals surface area contributed by atoms with Gasteiger partial charge >= 0.3 is 0 Å². The summed E-state index contributed by atoms with van der Waals surface area (Å²) in [5, 5.41) is 0. The zero-order chi connectivity index (χ0) is 17.8. The Bertz CT molecular complexity index is 425. The van der Waals surface area contributed by atoms with Gasteiger partial charge in [0.2, 0.25) is 0 Å². The molecule has 0 N–H and O–H groups in total. The lowest BCUT2D eigenvalue weighted by molar-refractivity contribution is -0.0893. The molecule has 0 aromatic heterocycles. The van der Waals surface area contributed by atoms with Crippen LogP contribution in [0.2, 0.25) is 0 Å². The van der Waals surface area contributed by atoms with Crippen molar-refractivity contribution in [2.45, 2.75) is 40.0 Å². The van der Waals surface area contributed by atoms with Crippen LogP contribution in [-0.4, -0.2) is 52.9 Å².